The van der Waals surface area contributed by atoms with Crippen LogP contribution >= 0.6 is 22.9 Å². The molecule has 0 bridgehead atoms. The second kappa shape index (κ2) is 9.50. The minimum absolute atomic E-state index is 0.0579. The van der Waals surface area contributed by atoms with Crippen molar-refractivity contribution in [2.75, 3.05) is 18.5 Å². The number of amides is 2. The van der Waals surface area contributed by atoms with E-state index in [4.69, 9.17) is 16.7 Å². The molecule has 0 radical (unpaired) electrons. The molecule has 0 fully saturated rings. The number of carbonyl (C=O) groups excluding carboxylic acids is 2. The van der Waals surface area contributed by atoms with E-state index in [9.17, 15) is 14.0 Å². The Kier molecular flexibility index (Phi) is 7.36. The van der Waals surface area contributed by atoms with E-state index < -0.39 is 17.6 Å². The second-order valence-electron chi connectivity index (χ2n) is 5.35. The summed E-state index contributed by atoms with van der Waals surface area (Å²) in [6.07, 6.45) is 1.21. The highest BCUT2D eigenvalue weighted by Gasteiger charge is 2.16. The van der Waals surface area contributed by atoms with Crippen LogP contribution in [0.1, 0.15) is 23.6 Å². The fraction of sp³-hybridized carbons (Fsp3) is 0.294. The molecular formula is C17H18ClFN2O3S. The predicted molar refractivity (Wildman–Crippen MR) is 96.4 cm³/mol. The van der Waals surface area contributed by atoms with Crippen LogP contribution in [-0.4, -0.2) is 30.1 Å². The molecule has 1 atom stereocenters. The van der Waals surface area contributed by atoms with E-state index in [1.165, 1.54) is 12.1 Å². The lowest BCUT2D eigenvalue weighted by atomic mass is 10.00. The number of thiophene rings is 1. The van der Waals surface area contributed by atoms with Gasteiger partial charge < -0.3 is 15.7 Å². The van der Waals surface area contributed by atoms with E-state index in [0.29, 0.717) is 19.4 Å². The van der Waals surface area contributed by atoms with Gasteiger partial charge in [-0.25, -0.2) is 4.39 Å². The fourth-order valence-electron chi connectivity index (χ4n) is 2.31. The van der Waals surface area contributed by atoms with Crippen LogP contribution in [0.4, 0.5) is 10.1 Å². The van der Waals surface area contributed by atoms with E-state index in [1.807, 2.05) is 17.5 Å². The molecule has 1 heterocycles. The van der Waals surface area contributed by atoms with E-state index >= 15 is 0 Å². The highest BCUT2D eigenvalue weighted by molar-refractivity contribution is 7.10. The summed E-state index contributed by atoms with van der Waals surface area (Å²) in [4.78, 5) is 24.8. The number of aliphatic hydroxyl groups is 1. The molecule has 134 valence electrons. The number of benzene rings is 1. The van der Waals surface area contributed by atoms with Gasteiger partial charge in [0.2, 0.25) is 0 Å². The van der Waals surface area contributed by atoms with E-state index in [-0.39, 0.29) is 23.2 Å². The van der Waals surface area contributed by atoms with Gasteiger partial charge >= 0.3 is 11.8 Å². The van der Waals surface area contributed by atoms with Gasteiger partial charge in [0.1, 0.15) is 5.82 Å². The van der Waals surface area contributed by atoms with Crippen LogP contribution in [0.3, 0.4) is 0 Å². The number of nitrogens with one attached hydrogen (secondary N) is 2. The molecule has 25 heavy (non-hydrogen) atoms. The molecule has 2 aromatic rings. The van der Waals surface area contributed by atoms with Crippen LogP contribution < -0.4 is 10.6 Å². The highest BCUT2D eigenvalue weighted by Crippen LogP contribution is 2.26. The Labute approximate surface area is 153 Å². The van der Waals surface area contributed by atoms with Crippen molar-refractivity contribution in [3.05, 3.63) is 51.4 Å². The lowest BCUT2D eigenvalue weighted by molar-refractivity contribution is -0.136. The average molecular weight is 385 g/mol. The van der Waals surface area contributed by atoms with Crippen LogP contribution in [0.5, 0.6) is 0 Å². The molecule has 0 saturated heterocycles. The summed E-state index contributed by atoms with van der Waals surface area (Å²) in [5.74, 6) is -2.11. The third-order valence-corrected chi connectivity index (χ3v) is 4.91. The topological polar surface area (TPSA) is 78.4 Å². The molecule has 2 rings (SSSR count). The zero-order chi connectivity index (χ0) is 18.2. The maximum absolute atomic E-state index is 13.1. The summed E-state index contributed by atoms with van der Waals surface area (Å²) in [5.41, 5.74) is 0.239. The van der Waals surface area contributed by atoms with Crippen LogP contribution in [0.15, 0.2) is 35.7 Å². The van der Waals surface area contributed by atoms with Gasteiger partial charge in [-0.05, 0) is 48.4 Å². The summed E-state index contributed by atoms with van der Waals surface area (Å²) in [6, 6.07) is 7.58. The Hall–Kier alpha value is -1.96. The minimum Gasteiger partial charge on any atom is -0.396 e. The zero-order valence-corrected chi connectivity index (χ0v) is 14.9. The summed E-state index contributed by atoms with van der Waals surface area (Å²) >= 11 is 7.22. The molecule has 0 aliphatic rings. The van der Waals surface area contributed by atoms with E-state index in [0.717, 1.165) is 10.9 Å². The largest absolute Gasteiger partial charge is 0.396 e. The number of hydrogen-bond acceptors (Lipinski definition) is 4. The first-order chi connectivity index (χ1) is 12.0. The predicted octanol–water partition coefficient (Wildman–Crippen LogP) is 3.15. The zero-order valence-electron chi connectivity index (χ0n) is 13.3. The van der Waals surface area contributed by atoms with Gasteiger partial charge in [0, 0.05) is 23.7 Å². The number of carbonyl (C=O) groups is 2. The summed E-state index contributed by atoms with van der Waals surface area (Å²) in [7, 11) is 0. The third-order valence-electron chi connectivity index (χ3n) is 3.59. The van der Waals surface area contributed by atoms with Crippen molar-refractivity contribution in [3.63, 3.8) is 0 Å². The Morgan fingerprint density at radius 3 is 2.68 bits per heavy atom. The number of hydrogen-bond donors (Lipinski definition) is 3. The smallest absolute Gasteiger partial charge is 0.313 e. The van der Waals surface area contributed by atoms with Gasteiger partial charge in [0.05, 0.1) is 5.02 Å². The summed E-state index contributed by atoms with van der Waals surface area (Å²) in [5, 5.41) is 15.9. The lowest BCUT2D eigenvalue weighted by Gasteiger charge is -2.14. The molecule has 8 heteroatoms. The van der Waals surface area contributed by atoms with Crippen LogP contribution in [0.2, 0.25) is 5.02 Å². The molecule has 0 aliphatic carbocycles. The maximum Gasteiger partial charge on any atom is 0.313 e. The first kappa shape index (κ1) is 19.4. The Morgan fingerprint density at radius 2 is 2.04 bits per heavy atom. The second-order valence-corrected chi connectivity index (χ2v) is 6.74. The van der Waals surface area contributed by atoms with E-state index in [2.05, 4.69) is 10.6 Å². The van der Waals surface area contributed by atoms with Crippen LogP contribution in [-0.2, 0) is 9.59 Å². The lowest BCUT2D eigenvalue weighted by Crippen LogP contribution is -2.36. The van der Waals surface area contributed by atoms with Gasteiger partial charge in [-0.15, -0.1) is 11.3 Å². The highest BCUT2D eigenvalue weighted by atomic mass is 35.5. The molecule has 1 aromatic heterocycles. The van der Waals surface area contributed by atoms with Crippen molar-refractivity contribution in [2.24, 2.45) is 0 Å². The monoisotopic (exact) mass is 384 g/mol. The molecule has 0 unspecified atom stereocenters. The fourth-order valence-corrected chi connectivity index (χ4v) is 3.39. The number of aliphatic hydroxyl groups excluding tert-OH is 1. The third kappa shape index (κ3) is 5.81. The van der Waals surface area contributed by atoms with Crippen molar-refractivity contribution in [3.8, 4) is 0 Å². The SMILES string of the molecule is O=C(NCC[C@@H](CCO)c1cccs1)C(=O)Nc1ccc(F)c(Cl)c1. The number of halogens is 2. The normalized spacial score (nSPS) is 11.8. The first-order valence-corrected chi connectivity index (χ1v) is 8.95. The summed E-state index contributed by atoms with van der Waals surface area (Å²) in [6.45, 7) is 0.362. The van der Waals surface area contributed by atoms with Crippen molar-refractivity contribution in [1.82, 2.24) is 5.32 Å². The molecule has 2 amide bonds. The van der Waals surface area contributed by atoms with Crippen molar-refractivity contribution in [1.29, 1.82) is 0 Å². The summed E-state index contributed by atoms with van der Waals surface area (Å²) < 4.78 is 13.1. The maximum atomic E-state index is 13.1. The molecule has 0 aliphatic heterocycles. The number of rotatable bonds is 7. The van der Waals surface area contributed by atoms with Gasteiger partial charge in [0.25, 0.3) is 0 Å². The van der Waals surface area contributed by atoms with Crippen molar-refractivity contribution < 1.29 is 19.1 Å². The molecule has 3 N–H and O–H groups in total. The minimum atomic E-state index is -0.850. The van der Waals surface area contributed by atoms with Gasteiger partial charge in [-0.2, -0.15) is 0 Å². The van der Waals surface area contributed by atoms with Crippen LogP contribution in [0, 0.1) is 5.82 Å². The Bertz CT molecular complexity index is 725. The quantitative estimate of drug-likeness (QED) is 0.642. The van der Waals surface area contributed by atoms with Gasteiger partial charge in [-0.3, -0.25) is 9.59 Å². The van der Waals surface area contributed by atoms with Crippen molar-refractivity contribution >= 4 is 40.4 Å². The molecule has 1 aromatic carbocycles. The van der Waals surface area contributed by atoms with Crippen LogP contribution in [0.25, 0.3) is 0 Å². The van der Waals surface area contributed by atoms with Crippen molar-refractivity contribution in [2.45, 2.75) is 18.8 Å². The standard InChI is InChI=1S/C17H18ClFN2O3S/c18-13-10-12(3-4-14(13)19)21-17(24)16(23)20-7-5-11(6-8-22)15-2-1-9-25-15/h1-4,9-11,22H,5-8H2,(H,20,23)(H,21,24)/t11-/m0/s1. The molecule has 0 spiro atoms. The Morgan fingerprint density at radius 1 is 1.24 bits per heavy atom. The van der Waals surface area contributed by atoms with E-state index in [1.54, 1.807) is 11.3 Å². The van der Waals surface area contributed by atoms with Gasteiger partial charge in [-0.1, -0.05) is 17.7 Å². The molecule has 5 nitrogen and oxygen atoms in total. The molecular weight excluding hydrogens is 367 g/mol. The Balaban J connectivity index is 1.82. The number of anilines is 1. The average Bonchev–Trinajstić information content (AvgIpc) is 3.11. The van der Waals surface area contributed by atoms with Gasteiger partial charge in [0.15, 0.2) is 0 Å². The molecule has 0 saturated carbocycles. The first-order valence-electron chi connectivity index (χ1n) is 7.69.